The molecule has 0 aromatic heterocycles. The lowest BCUT2D eigenvalue weighted by Crippen LogP contribution is -2.50. The van der Waals surface area contributed by atoms with Gasteiger partial charge >= 0.3 is 7.05 Å². The zero-order valence-corrected chi connectivity index (χ0v) is 20.2. The van der Waals surface area contributed by atoms with E-state index in [0.29, 0.717) is 21.9 Å². The molecule has 0 unspecified atom stereocenters. The maximum Gasteiger partial charge on any atom is 0.376 e. The minimum absolute atomic E-state index is 0.226. The Balaban J connectivity index is 1.30. The van der Waals surface area contributed by atoms with Gasteiger partial charge < -0.3 is 14.7 Å². The second kappa shape index (κ2) is 10.3. The van der Waals surface area contributed by atoms with Crippen molar-refractivity contribution in [2.75, 3.05) is 26.2 Å². The molecule has 32 heavy (non-hydrogen) atoms. The van der Waals surface area contributed by atoms with Crippen LogP contribution in [0, 0.1) is 5.92 Å². The Labute approximate surface area is 197 Å². The Morgan fingerprint density at radius 1 is 0.969 bits per heavy atom. The van der Waals surface area contributed by atoms with E-state index in [1.54, 1.807) is 30.3 Å². The highest BCUT2D eigenvalue weighted by molar-refractivity contribution is 7.91. The van der Waals surface area contributed by atoms with Crippen LogP contribution in [0.2, 0.25) is 11.8 Å². The summed E-state index contributed by atoms with van der Waals surface area (Å²) < 4.78 is 25.7. The van der Waals surface area contributed by atoms with Crippen molar-refractivity contribution in [2.24, 2.45) is 5.92 Å². The largest absolute Gasteiger partial charge is 0.437 e. The SMILES string of the molecule is CB(O)N1CCC(N2CCC(Cc3ccc(S(=O)(=O)c4cccc(Cl)c4)cc3)CC2)CC1. The first-order chi connectivity index (χ1) is 15.3. The lowest BCUT2D eigenvalue weighted by Gasteiger charge is -2.42. The first-order valence-electron chi connectivity index (χ1n) is 11.6. The first-order valence-corrected chi connectivity index (χ1v) is 13.4. The summed E-state index contributed by atoms with van der Waals surface area (Å²) in [6.07, 6.45) is 5.63. The Morgan fingerprint density at radius 3 is 2.22 bits per heavy atom. The fraction of sp³-hybridized carbons (Fsp3) is 0.500. The Bertz CT molecular complexity index is 1000. The van der Waals surface area contributed by atoms with Gasteiger partial charge in [0.25, 0.3) is 0 Å². The molecule has 5 nitrogen and oxygen atoms in total. The molecule has 0 spiro atoms. The van der Waals surface area contributed by atoms with Gasteiger partial charge in [-0.3, -0.25) is 0 Å². The lowest BCUT2D eigenvalue weighted by atomic mass is 9.81. The van der Waals surface area contributed by atoms with Gasteiger partial charge in [0, 0.05) is 11.1 Å². The fourth-order valence-corrected chi connectivity index (χ4v) is 6.62. The molecule has 2 aliphatic heterocycles. The van der Waals surface area contributed by atoms with Crippen LogP contribution in [0.4, 0.5) is 0 Å². The van der Waals surface area contributed by atoms with Gasteiger partial charge in [-0.25, -0.2) is 8.42 Å². The van der Waals surface area contributed by atoms with Gasteiger partial charge in [0.2, 0.25) is 9.84 Å². The Kier molecular flexibility index (Phi) is 7.63. The van der Waals surface area contributed by atoms with E-state index in [2.05, 4.69) is 9.71 Å². The van der Waals surface area contributed by atoms with E-state index in [4.69, 9.17) is 11.6 Å². The van der Waals surface area contributed by atoms with E-state index in [1.165, 1.54) is 24.5 Å². The average molecular weight is 475 g/mol. The normalized spacial score (nSPS) is 19.8. The maximum absolute atomic E-state index is 12.9. The molecule has 2 fully saturated rings. The second-order valence-corrected chi connectivity index (χ2v) is 11.6. The van der Waals surface area contributed by atoms with Crippen molar-refractivity contribution in [1.29, 1.82) is 0 Å². The highest BCUT2D eigenvalue weighted by atomic mass is 35.5. The lowest BCUT2D eigenvalue weighted by molar-refractivity contribution is 0.0936. The molecule has 0 aliphatic carbocycles. The fourth-order valence-electron chi connectivity index (χ4n) is 5.06. The van der Waals surface area contributed by atoms with Crippen LogP contribution in [0.1, 0.15) is 31.2 Å². The summed E-state index contributed by atoms with van der Waals surface area (Å²) in [4.78, 5) is 5.32. The van der Waals surface area contributed by atoms with Crippen LogP contribution >= 0.6 is 11.6 Å². The van der Waals surface area contributed by atoms with Crippen LogP contribution in [0.15, 0.2) is 58.3 Å². The minimum Gasteiger partial charge on any atom is -0.437 e. The van der Waals surface area contributed by atoms with Crippen molar-refractivity contribution < 1.29 is 13.4 Å². The number of halogens is 1. The number of rotatable bonds is 6. The van der Waals surface area contributed by atoms with Gasteiger partial charge in [0.15, 0.2) is 0 Å². The smallest absolute Gasteiger partial charge is 0.376 e. The number of hydrogen-bond acceptors (Lipinski definition) is 5. The van der Waals surface area contributed by atoms with Gasteiger partial charge in [0.1, 0.15) is 0 Å². The predicted molar refractivity (Wildman–Crippen MR) is 130 cm³/mol. The molecule has 2 saturated heterocycles. The zero-order valence-electron chi connectivity index (χ0n) is 18.7. The molecule has 1 N–H and O–H groups in total. The molecule has 2 aromatic rings. The third kappa shape index (κ3) is 5.57. The summed E-state index contributed by atoms with van der Waals surface area (Å²) in [6.45, 7) is 6.07. The number of piperidine rings is 2. The number of hydrogen-bond donors (Lipinski definition) is 1. The summed E-state index contributed by atoms with van der Waals surface area (Å²) >= 11 is 5.97. The highest BCUT2D eigenvalue weighted by Gasteiger charge is 2.30. The number of nitrogens with zero attached hydrogens (tertiary/aromatic N) is 2. The summed E-state index contributed by atoms with van der Waals surface area (Å²) in [7, 11) is -3.89. The van der Waals surface area contributed by atoms with Crippen LogP contribution in [0.25, 0.3) is 0 Å². The summed E-state index contributed by atoms with van der Waals surface area (Å²) in [5, 5.41) is 10.2. The Morgan fingerprint density at radius 2 is 1.62 bits per heavy atom. The van der Waals surface area contributed by atoms with Crippen molar-refractivity contribution in [2.45, 2.75) is 54.8 Å². The zero-order chi connectivity index (χ0) is 22.7. The van der Waals surface area contributed by atoms with Crippen molar-refractivity contribution in [3.05, 3.63) is 59.1 Å². The standard InChI is InChI=1S/C24H32BClN2O3S/c1-25(29)28-15-11-22(12-16-28)27-13-9-20(10-14-27)17-19-5-7-23(8-6-19)32(30,31)24-4-2-3-21(26)18-24/h2-8,18,20,22,29H,9-17H2,1H3. The molecule has 0 amide bonds. The van der Waals surface area contributed by atoms with Crippen LogP contribution in [-0.4, -0.2) is 62.4 Å². The molecule has 0 bridgehead atoms. The first kappa shape index (κ1) is 23.8. The molecular weight excluding hydrogens is 443 g/mol. The summed E-state index contributed by atoms with van der Waals surface area (Å²) in [6, 6.07) is 14.4. The molecule has 172 valence electrons. The molecule has 2 aromatic carbocycles. The van der Waals surface area contributed by atoms with Crippen molar-refractivity contribution >= 4 is 28.5 Å². The third-order valence-corrected chi connectivity index (χ3v) is 9.06. The van der Waals surface area contributed by atoms with Crippen LogP contribution in [0.3, 0.4) is 0 Å². The van der Waals surface area contributed by atoms with Gasteiger partial charge in [-0.1, -0.05) is 29.8 Å². The molecule has 0 radical (unpaired) electrons. The van der Waals surface area contributed by atoms with E-state index < -0.39 is 9.84 Å². The highest BCUT2D eigenvalue weighted by Crippen LogP contribution is 2.28. The van der Waals surface area contributed by atoms with Gasteiger partial charge in [-0.15, -0.1) is 0 Å². The minimum atomic E-state index is -3.55. The van der Waals surface area contributed by atoms with Crippen molar-refractivity contribution in [1.82, 2.24) is 9.71 Å². The average Bonchev–Trinajstić information content (AvgIpc) is 2.80. The molecule has 2 heterocycles. The quantitative estimate of drug-likeness (QED) is 0.641. The summed E-state index contributed by atoms with van der Waals surface area (Å²) in [5.41, 5.74) is 1.19. The third-order valence-electron chi connectivity index (χ3n) is 7.06. The topological polar surface area (TPSA) is 60.9 Å². The van der Waals surface area contributed by atoms with Crippen LogP contribution < -0.4 is 0 Å². The molecule has 0 atom stereocenters. The van der Waals surface area contributed by atoms with Gasteiger partial charge in [0.05, 0.1) is 9.79 Å². The van der Waals surface area contributed by atoms with Crippen molar-refractivity contribution in [3.8, 4) is 0 Å². The van der Waals surface area contributed by atoms with Gasteiger partial charge in [-0.05, 0) is 107 Å². The molecule has 0 saturated carbocycles. The molecule has 4 rings (SSSR count). The van der Waals surface area contributed by atoms with E-state index >= 15 is 0 Å². The van der Waals surface area contributed by atoms with E-state index in [1.807, 2.05) is 19.0 Å². The monoisotopic (exact) mass is 474 g/mol. The predicted octanol–water partition coefficient (Wildman–Crippen LogP) is 4.00. The molecular formula is C24H32BClN2O3S. The molecule has 2 aliphatic rings. The van der Waals surface area contributed by atoms with E-state index in [0.717, 1.165) is 45.4 Å². The summed E-state index contributed by atoms with van der Waals surface area (Å²) in [5.74, 6) is 0.638. The van der Waals surface area contributed by atoms with Crippen molar-refractivity contribution in [3.63, 3.8) is 0 Å². The van der Waals surface area contributed by atoms with E-state index in [9.17, 15) is 13.4 Å². The van der Waals surface area contributed by atoms with Crippen LogP contribution in [0.5, 0.6) is 0 Å². The second-order valence-electron chi connectivity index (χ2n) is 9.19. The van der Waals surface area contributed by atoms with Gasteiger partial charge in [-0.2, -0.15) is 0 Å². The number of sulfone groups is 1. The Hall–Kier alpha value is -1.38. The molecule has 8 heteroatoms. The number of likely N-dealkylation sites (tertiary alicyclic amines) is 1. The van der Waals surface area contributed by atoms with E-state index in [-0.39, 0.29) is 11.9 Å². The maximum atomic E-state index is 12.9. The number of benzene rings is 2. The van der Waals surface area contributed by atoms with Crippen LogP contribution in [-0.2, 0) is 16.3 Å².